The first-order chi connectivity index (χ1) is 6.52. The number of sulfonamides is 1. The Morgan fingerprint density at radius 2 is 2.14 bits per heavy atom. The molecule has 84 valence electrons. The van der Waals surface area contributed by atoms with Gasteiger partial charge in [-0.15, -0.1) is 0 Å². The van der Waals surface area contributed by atoms with Crippen molar-refractivity contribution in [3.05, 3.63) is 5.21 Å². The van der Waals surface area contributed by atoms with E-state index in [-0.39, 0.29) is 19.0 Å². The predicted molar refractivity (Wildman–Crippen MR) is 54.7 cm³/mol. The molecular weight excluding hydrogens is 204 g/mol. The minimum atomic E-state index is -3.51. The molecule has 0 amide bonds. The first kappa shape index (κ1) is 11.9. The first-order valence-electron chi connectivity index (χ1n) is 5.03. The van der Waals surface area contributed by atoms with Gasteiger partial charge in [0.15, 0.2) is 0 Å². The summed E-state index contributed by atoms with van der Waals surface area (Å²) in [6, 6.07) is 0. The van der Waals surface area contributed by atoms with E-state index < -0.39 is 14.1 Å². The number of nitrogens with one attached hydrogen (secondary N) is 1. The van der Waals surface area contributed by atoms with Gasteiger partial charge in [-0.3, -0.25) is 5.32 Å². The van der Waals surface area contributed by atoms with Crippen LogP contribution in [-0.2, 0) is 10.0 Å². The van der Waals surface area contributed by atoms with Gasteiger partial charge >= 0.3 is 0 Å². The smallest absolute Gasteiger partial charge is 0.297 e. The maximum Gasteiger partial charge on any atom is 0.297 e. The van der Waals surface area contributed by atoms with Gasteiger partial charge in [0.05, 0.1) is 6.54 Å². The Balaban J connectivity index is 2.55. The van der Waals surface area contributed by atoms with Crippen molar-refractivity contribution >= 4 is 10.0 Å². The molecule has 1 heterocycles. The Hall–Kier alpha value is -0.170. The Morgan fingerprint density at radius 3 is 2.64 bits per heavy atom. The lowest BCUT2D eigenvalue weighted by Gasteiger charge is -2.35. The molecule has 0 radical (unpaired) electrons. The molecule has 1 unspecified atom stereocenters. The molecule has 1 atom stereocenters. The standard InChI is InChI=1S/C8H18N2O3S/c1-2-3-4-7-14(12,13)10(11)6-5-9-8-10/h9H,2-8H2,1H3. The zero-order valence-electron chi connectivity index (χ0n) is 8.53. The van der Waals surface area contributed by atoms with E-state index in [9.17, 15) is 13.6 Å². The molecule has 0 aromatic rings. The third-order valence-electron chi connectivity index (χ3n) is 2.49. The molecule has 1 N–H and O–H groups in total. The van der Waals surface area contributed by atoms with E-state index in [0.717, 1.165) is 12.8 Å². The van der Waals surface area contributed by atoms with E-state index in [1.54, 1.807) is 0 Å². The maximum atomic E-state index is 11.8. The number of quaternary nitrogens is 1. The van der Waals surface area contributed by atoms with Crippen molar-refractivity contribution in [2.75, 3.05) is 25.5 Å². The molecule has 1 aliphatic rings. The van der Waals surface area contributed by atoms with Crippen LogP contribution in [0, 0.1) is 5.21 Å². The number of nitrogens with zero attached hydrogens (tertiary/aromatic N) is 1. The second-order valence-electron chi connectivity index (χ2n) is 3.69. The van der Waals surface area contributed by atoms with Gasteiger partial charge in [0.2, 0.25) is 0 Å². The predicted octanol–water partition coefficient (Wildman–Crippen LogP) is 0.382. The van der Waals surface area contributed by atoms with Crippen LogP contribution < -0.4 is 5.32 Å². The van der Waals surface area contributed by atoms with E-state index in [4.69, 9.17) is 0 Å². The fourth-order valence-electron chi connectivity index (χ4n) is 1.52. The highest BCUT2D eigenvalue weighted by atomic mass is 32.2. The number of unbranched alkanes of at least 4 members (excludes halogenated alkanes) is 2. The number of hydrogen-bond donors (Lipinski definition) is 1. The SMILES string of the molecule is CCCCCS(=O)(=O)[N+]1([O-])CCNC1. The van der Waals surface area contributed by atoms with Crippen LogP contribution >= 0.6 is 0 Å². The molecule has 0 saturated carbocycles. The normalized spacial score (nSPS) is 28.1. The molecule has 1 rings (SSSR count). The molecule has 0 aliphatic carbocycles. The summed E-state index contributed by atoms with van der Waals surface area (Å²) in [7, 11) is -3.51. The number of hydrogen-bond acceptors (Lipinski definition) is 4. The molecule has 5 nitrogen and oxygen atoms in total. The molecular formula is C8H18N2O3S. The third kappa shape index (κ3) is 2.44. The topological polar surface area (TPSA) is 69.2 Å². The lowest BCUT2D eigenvalue weighted by molar-refractivity contribution is -0.738. The monoisotopic (exact) mass is 222 g/mol. The summed E-state index contributed by atoms with van der Waals surface area (Å²) < 4.78 is 22.2. The van der Waals surface area contributed by atoms with Crippen molar-refractivity contribution in [3.63, 3.8) is 0 Å². The second-order valence-corrected chi connectivity index (χ2v) is 5.93. The highest BCUT2D eigenvalue weighted by molar-refractivity contribution is 7.85. The molecule has 14 heavy (non-hydrogen) atoms. The Bertz CT molecular complexity index is 270. The zero-order valence-corrected chi connectivity index (χ0v) is 9.35. The van der Waals surface area contributed by atoms with E-state index >= 15 is 0 Å². The van der Waals surface area contributed by atoms with Crippen molar-refractivity contribution in [1.82, 2.24) is 5.32 Å². The fourth-order valence-corrected chi connectivity index (χ4v) is 3.08. The quantitative estimate of drug-likeness (QED) is 0.415. The maximum absolute atomic E-state index is 11.8. The van der Waals surface area contributed by atoms with E-state index in [2.05, 4.69) is 5.32 Å². The summed E-state index contributed by atoms with van der Waals surface area (Å²) in [6.07, 6.45) is 2.43. The van der Waals surface area contributed by atoms with Gasteiger partial charge in [-0.2, -0.15) is 8.42 Å². The zero-order chi connectivity index (χ0) is 10.7. The Morgan fingerprint density at radius 1 is 1.43 bits per heavy atom. The van der Waals surface area contributed by atoms with Crippen LogP contribution in [-0.4, -0.2) is 38.0 Å². The highest BCUT2D eigenvalue weighted by Gasteiger charge is 2.35. The van der Waals surface area contributed by atoms with Gasteiger partial charge in [0.1, 0.15) is 19.0 Å². The molecule has 0 aromatic heterocycles. The Labute approximate surface area is 85.3 Å². The van der Waals surface area contributed by atoms with Crippen LogP contribution in [0.1, 0.15) is 26.2 Å². The summed E-state index contributed by atoms with van der Waals surface area (Å²) in [4.78, 5) is 0. The molecule has 6 heteroatoms. The third-order valence-corrected chi connectivity index (χ3v) is 4.62. The summed E-state index contributed by atoms with van der Waals surface area (Å²) in [6.45, 7) is 2.66. The number of rotatable bonds is 5. The van der Waals surface area contributed by atoms with E-state index in [1.165, 1.54) is 0 Å². The van der Waals surface area contributed by atoms with Gasteiger partial charge in [0.25, 0.3) is 10.0 Å². The van der Waals surface area contributed by atoms with Gasteiger partial charge < -0.3 is 5.21 Å². The minimum absolute atomic E-state index is 0.00839. The molecule has 1 saturated heterocycles. The average Bonchev–Trinajstić information content (AvgIpc) is 2.54. The molecule has 0 aromatic carbocycles. The lowest BCUT2D eigenvalue weighted by Crippen LogP contribution is -2.47. The first-order valence-corrected chi connectivity index (χ1v) is 6.64. The summed E-state index contributed by atoms with van der Waals surface area (Å²) in [5.41, 5.74) is 0. The van der Waals surface area contributed by atoms with Gasteiger partial charge in [-0.05, 0) is 6.42 Å². The Kier molecular flexibility index (Phi) is 3.88. The lowest BCUT2D eigenvalue weighted by atomic mass is 10.3. The molecule has 1 fully saturated rings. The van der Waals surface area contributed by atoms with Crippen molar-refractivity contribution in [3.8, 4) is 0 Å². The molecule has 0 bridgehead atoms. The molecule has 1 aliphatic heterocycles. The van der Waals surface area contributed by atoms with E-state index in [0.29, 0.717) is 13.0 Å². The second kappa shape index (κ2) is 4.57. The summed E-state index contributed by atoms with van der Waals surface area (Å²) in [5, 5.41) is 14.6. The van der Waals surface area contributed by atoms with Crippen molar-refractivity contribution in [2.45, 2.75) is 26.2 Å². The van der Waals surface area contributed by atoms with Crippen molar-refractivity contribution in [1.29, 1.82) is 0 Å². The minimum Gasteiger partial charge on any atom is -0.616 e. The van der Waals surface area contributed by atoms with Crippen molar-refractivity contribution in [2.24, 2.45) is 0 Å². The molecule has 0 spiro atoms. The largest absolute Gasteiger partial charge is 0.616 e. The van der Waals surface area contributed by atoms with Gasteiger partial charge in [-0.25, -0.2) is 4.05 Å². The number of hydroxylamine groups is 2. The van der Waals surface area contributed by atoms with Crippen LogP contribution in [0.4, 0.5) is 0 Å². The summed E-state index contributed by atoms with van der Waals surface area (Å²) >= 11 is 0. The van der Waals surface area contributed by atoms with Crippen LogP contribution in [0.5, 0.6) is 0 Å². The average molecular weight is 222 g/mol. The van der Waals surface area contributed by atoms with E-state index in [1.807, 2.05) is 6.92 Å². The van der Waals surface area contributed by atoms with Crippen LogP contribution in [0.2, 0.25) is 0 Å². The van der Waals surface area contributed by atoms with Crippen LogP contribution in [0.25, 0.3) is 0 Å². The van der Waals surface area contributed by atoms with Gasteiger partial charge in [-0.1, -0.05) is 19.8 Å². The van der Waals surface area contributed by atoms with Crippen LogP contribution in [0.3, 0.4) is 0 Å². The van der Waals surface area contributed by atoms with Crippen molar-refractivity contribution < 1.29 is 12.5 Å². The van der Waals surface area contributed by atoms with Crippen LogP contribution in [0.15, 0.2) is 0 Å². The van der Waals surface area contributed by atoms with Gasteiger partial charge in [0, 0.05) is 0 Å². The fraction of sp³-hybridized carbons (Fsp3) is 1.00. The summed E-state index contributed by atoms with van der Waals surface area (Å²) in [5.74, 6) is 0.0199. The highest BCUT2D eigenvalue weighted by Crippen LogP contribution is 2.17.